The van der Waals surface area contributed by atoms with Gasteiger partial charge >= 0.3 is 5.97 Å². The van der Waals surface area contributed by atoms with E-state index < -0.39 is 18.0 Å². The number of para-hydroxylation sites is 1. The summed E-state index contributed by atoms with van der Waals surface area (Å²) >= 11 is 0. The van der Waals surface area contributed by atoms with Gasteiger partial charge in [-0.3, -0.25) is 9.59 Å². The number of ether oxygens (including phenoxy) is 3. The second kappa shape index (κ2) is 10.8. The van der Waals surface area contributed by atoms with E-state index in [-0.39, 0.29) is 5.78 Å². The molecule has 1 atom stereocenters. The Balaban J connectivity index is 1.99. The second-order valence-corrected chi connectivity index (χ2v) is 6.35. The van der Waals surface area contributed by atoms with Crippen LogP contribution in [0.25, 0.3) is 6.08 Å². The molecule has 0 aromatic heterocycles. The van der Waals surface area contributed by atoms with Crippen LogP contribution in [0.4, 0.5) is 5.69 Å². The predicted octanol–water partition coefficient (Wildman–Crippen LogP) is 3.88. The number of Topliss-reactive ketones (excluding diaryl/α,β-unsaturated/α-hetero) is 1. The summed E-state index contributed by atoms with van der Waals surface area (Å²) in [5, 5.41) is 2.61. The van der Waals surface area contributed by atoms with Crippen molar-refractivity contribution in [3.63, 3.8) is 0 Å². The van der Waals surface area contributed by atoms with Gasteiger partial charge in [-0.05, 0) is 56.7 Å². The van der Waals surface area contributed by atoms with E-state index in [1.165, 1.54) is 27.0 Å². The van der Waals surface area contributed by atoms with E-state index in [0.717, 1.165) is 0 Å². The first-order chi connectivity index (χ1) is 14.3. The number of methoxy groups -OCH3 is 1. The lowest BCUT2D eigenvalue weighted by Gasteiger charge is -2.14. The van der Waals surface area contributed by atoms with E-state index >= 15 is 0 Å². The summed E-state index contributed by atoms with van der Waals surface area (Å²) in [7, 11) is 1.53. The van der Waals surface area contributed by atoms with Crippen LogP contribution >= 0.6 is 0 Å². The highest BCUT2D eigenvalue weighted by Crippen LogP contribution is 2.28. The molecule has 0 heterocycles. The van der Waals surface area contributed by atoms with Gasteiger partial charge in [0.1, 0.15) is 0 Å². The maximum Gasteiger partial charge on any atom is 0.331 e. The number of hydrogen-bond acceptors (Lipinski definition) is 6. The van der Waals surface area contributed by atoms with Gasteiger partial charge in [0.05, 0.1) is 19.4 Å². The molecule has 0 aliphatic rings. The normalized spacial score (nSPS) is 11.6. The number of carbonyl (C=O) groups excluding carboxylic acids is 3. The molecule has 7 heteroatoms. The maximum absolute atomic E-state index is 12.3. The summed E-state index contributed by atoms with van der Waals surface area (Å²) in [4.78, 5) is 36.1. The van der Waals surface area contributed by atoms with Crippen LogP contribution in [0, 0.1) is 0 Å². The summed E-state index contributed by atoms with van der Waals surface area (Å²) in [5.41, 5.74) is 1.46. The summed E-state index contributed by atoms with van der Waals surface area (Å²) < 4.78 is 15.9. The molecule has 0 saturated heterocycles. The molecule has 0 unspecified atom stereocenters. The van der Waals surface area contributed by atoms with Crippen molar-refractivity contribution < 1.29 is 28.6 Å². The van der Waals surface area contributed by atoms with Crippen LogP contribution in [0.5, 0.6) is 11.5 Å². The average molecular weight is 411 g/mol. The van der Waals surface area contributed by atoms with Gasteiger partial charge in [0.25, 0.3) is 5.91 Å². The third-order valence-electron chi connectivity index (χ3n) is 4.13. The number of ketones is 1. The van der Waals surface area contributed by atoms with Crippen molar-refractivity contribution in [1.82, 2.24) is 0 Å². The van der Waals surface area contributed by atoms with Gasteiger partial charge < -0.3 is 19.5 Å². The fraction of sp³-hybridized carbons (Fsp3) is 0.261. The Bertz CT molecular complexity index is 950. The van der Waals surface area contributed by atoms with Gasteiger partial charge in [-0.25, -0.2) is 4.79 Å². The third kappa shape index (κ3) is 6.20. The van der Waals surface area contributed by atoms with Crippen molar-refractivity contribution in [2.75, 3.05) is 19.0 Å². The molecule has 0 aliphatic heterocycles. The lowest BCUT2D eigenvalue weighted by atomic mass is 10.1. The lowest BCUT2D eigenvalue weighted by molar-refractivity contribution is -0.148. The summed E-state index contributed by atoms with van der Waals surface area (Å²) in [6, 6.07) is 11.9. The monoisotopic (exact) mass is 411 g/mol. The maximum atomic E-state index is 12.3. The number of benzene rings is 2. The van der Waals surface area contributed by atoms with E-state index in [1.54, 1.807) is 48.5 Å². The molecule has 0 fully saturated rings. The average Bonchev–Trinajstić information content (AvgIpc) is 2.73. The van der Waals surface area contributed by atoms with Crippen LogP contribution in [-0.4, -0.2) is 37.5 Å². The smallest absolute Gasteiger partial charge is 0.331 e. The molecule has 158 valence electrons. The molecule has 0 spiro atoms. The molecule has 2 aromatic rings. The van der Waals surface area contributed by atoms with Crippen LogP contribution in [0.2, 0.25) is 0 Å². The Morgan fingerprint density at radius 3 is 2.50 bits per heavy atom. The standard InChI is InChI=1S/C23H25NO6/c1-5-29-20-12-10-17(14-21(20)28-4)11-13-22(26)30-16(3)23(27)24-19-9-7-6-8-18(19)15(2)25/h6-14,16H,5H2,1-4H3,(H,24,27)/b13-11+/t16-/m1/s1. The predicted molar refractivity (Wildman–Crippen MR) is 114 cm³/mol. The van der Waals surface area contributed by atoms with Crippen LogP contribution in [-0.2, 0) is 14.3 Å². The molecule has 1 N–H and O–H groups in total. The highest BCUT2D eigenvalue weighted by atomic mass is 16.5. The van der Waals surface area contributed by atoms with Gasteiger partial charge in [-0.2, -0.15) is 0 Å². The highest BCUT2D eigenvalue weighted by molar-refractivity contribution is 6.05. The molecule has 0 saturated carbocycles. The number of anilines is 1. The molecule has 7 nitrogen and oxygen atoms in total. The van der Waals surface area contributed by atoms with Gasteiger partial charge in [0, 0.05) is 11.6 Å². The van der Waals surface area contributed by atoms with Crippen molar-refractivity contribution >= 4 is 29.4 Å². The summed E-state index contributed by atoms with van der Waals surface area (Å²) in [5.74, 6) is -0.233. The van der Waals surface area contributed by atoms with Gasteiger partial charge in [-0.15, -0.1) is 0 Å². The fourth-order valence-corrected chi connectivity index (χ4v) is 2.63. The van der Waals surface area contributed by atoms with E-state index in [9.17, 15) is 14.4 Å². The van der Waals surface area contributed by atoms with Crippen molar-refractivity contribution in [2.45, 2.75) is 26.9 Å². The Hall–Kier alpha value is -3.61. The molecule has 0 radical (unpaired) electrons. The first-order valence-corrected chi connectivity index (χ1v) is 9.46. The fourth-order valence-electron chi connectivity index (χ4n) is 2.63. The zero-order valence-electron chi connectivity index (χ0n) is 17.4. The zero-order valence-corrected chi connectivity index (χ0v) is 17.4. The first kappa shape index (κ1) is 22.7. The van der Waals surface area contributed by atoms with E-state index in [0.29, 0.717) is 34.9 Å². The van der Waals surface area contributed by atoms with Crippen molar-refractivity contribution in [3.05, 3.63) is 59.7 Å². The second-order valence-electron chi connectivity index (χ2n) is 6.35. The largest absolute Gasteiger partial charge is 0.493 e. The number of amides is 1. The molecular weight excluding hydrogens is 386 g/mol. The van der Waals surface area contributed by atoms with Crippen LogP contribution in [0.3, 0.4) is 0 Å². The van der Waals surface area contributed by atoms with Crippen LogP contribution in [0.1, 0.15) is 36.7 Å². The molecule has 2 aromatic carbocycles. The Morgan fingerprint density at radius 1 is 1.10 bits per heavy atom. The molecule has 0 aliphatic carbocycles. The molecular formula is C23H25NO6. The Labute approximate surface area is 175 Å². The van der Waals surface area contributed by atoms with Crippen molar-refractivity contribution in [1.29, 1.82) is 0 Å². The minimum atomic E-state index is -1.04. The highest BCUT2D eigenvalue weighted by Gasteiger charge is 2.18. The minimum absolute atomic E-state index is 0.177. The van der Waals surface area contributed by atoms with E-state index in [4.69, 9.17) is 14.2 Å². The van der Waals surface area contributed by atoms with Crippen molar-refractivity contribution in [2.24, 2.45) is 0 Å². The molecule has 2 rings (SSSR count). The molecule has 1 amide bonds. The SMILES string of the molecule is CCOc1ccc(/C=C/C(=O)O[C@H](C)C(=O)Nc2ccccc2C(C)=O)cc1OC. The minimum Gasteiger partial charge on any atom is -0.493 e. The number of esters is 1. The number of rotatable bonds is 9. The number of nitrogens with one attached hydrogen (secondary N) is 1. The number of hydrogen-bond donors (Lipinski definition) is 1. The zero-order chi connectivity index (χ0) is 22.1. The molecule has 30 heavy (non-hydrogen) atoms. The van der Waals surface area contributed by atoms with Crippen molar-refractivity contribution in [3.8, 4) is 11.5 Å². The van der Waals surface area contributed by atoms with E-state index in [2.05, 4.69) is 5.32 Å². The third-order valence-corrected chi connectivity index (χ3v) is 4.13. The topological polar surface area (TPSA) is 90.9 Å². The quantitative estimate of drug-likeness (QED) is 0.383. The summed E-state index contributed by atoms with van der Waals surface area (Å²) in [6.07, 6.45) is 1.73. The van der Waals surface area contributed by atoms with Crippen LogP contribution < -0.4 is 14.8 Å². The number of carbonyl (C=O) groups is 3. The molecule has 0 bridgehead atoms. The van der Waals surface area contributed by atoms with Gasteiger partial charge in [0.2, 0.25) is 0 Å². The summed E-state index contributed by atoms with van der Waals surface area (Å²) in [6.45, 7) is 5.25. The Morgan fingerprint density at radius 2 is 1.83 bits per heavy atom. The van der Waals surface area contributed by atoms with Crippen LogP contribution in [0.15, 0.2) is 48.5 Å². The van der Waals surface area contributed by atoms with Gasteiger partial charge in [0.15, 0.2) is 23.4 Å². The Kier molecular flexibility index (Phi) is 8.17. The van der Waals surface area contributed by atoms with Gasteiger partial charge in [-0.1, -0.05) is 18.2 Å². The van der Waals surface area contributed by atoms with E-state index in [1.807, 2.05) is 6.92 Å². The first-order valence-electron chi connectivity index (χ1n) is 9.46. The lowest BCUT2D eigenvalue weighted by Crippen LogP contribution is -2.30.